The van der Waals surface area contributed by atoms with E-state index in [-0.39, 0.29) is 5.91 Å². The predicted molar refractivity (Wildman–Crippen MR) is 79.5 cm³/mol. The molecule has 4 nitrogen and oxygen atoms in total. The fourth-order valence-electron chi connectivity index (χ4n) is 2.99. The number of benzene rings is 1. The zero-order chi connectivity index (χ0) is 14.6. The predicted octanol–water partition coefficient (Wildman–Crippen LogP) is 2.32. The van der Waals surface area contributed by atoms with E-state index >= 15 is 0 Å². The zero-order valence-corrected chi connectivity index (χ0v) is 12.3. The van der Waals surface area contributed by atoms with Crippen LogP contribution in [-0.4, -0.2) is 19.1 Å². The Morgan fingerprint density at radius 3 is 2.55 bits per heavy atom. The van der Waals surface area contributed by atoms with E-state index < -0.39 is 5.54 Å². The number of ether oxygens (including phenoxy) is 1. The first-order valence-electron chi connectivity index (χ1n) is 7.29. The molecule has 0 aliphatic heterocycles. The fourth-order valence-corrected chi connectivity index (χ4v) is 2.99. The molecule has 1 saturated carbocycles. The lowest BCUT2D eigenvalue weighted by atomic mass is 9.86. The molecule has 1 aliphatic rings. The summed E-state index contributed by atoms with van der Waals surface area (Å²) in [5.41, 5.74) is 5.60. The molecule has 1 aromatic rings. The van der Waals surface area contributed by atoms with E-state index in [9.17, 15) is 4.79 Å². The molecule has 0 radical (unpaired) electrons. The Kier molecular flexibility index (Phi) is 4.65. The number of nitrogens with one attached hydrogen (secondary N) is 1. The molecule has 2 rings (SSSR count). The van der Waals surface area contributed by atoms with Gasteiger partial charge in [0.2, 0.25) is 5.91 Å². The van der Waals surface area contributed by atoms with Gasteiger partial charge in [-0.2, -0.15) is 0 Å². The highest BCUT2D eigenvalue weighted by Gasteiger charge is 2.37. The minimum Gasteiger partial charge on any atom is -0.496 e. The minimum absolute atomic E-state index is 0.339. The van der Waals surface area contributed by atoms with Crippen LogP contribution in [0.1, 0.15) is 44.6 Å². The SMILES string of the molecule is COc1ccccc1C(C)(NC1CCCCC1)C(N)=O. The Morgan fingerprint density at radius 2 is 1.95 bits per heavy atom. The lowest BCUT2D eigenvalue weighted by Gasteiger charge is -2.35. The van der Waals surface area contributed by atoms with Gasteiger partial charge in [0.1, 0.15) is 11.3 Å². The zero-order valence-electron chi connectivity index (χ0n) is 12.3. The Morgan fingerprint density at radius 1 is 1.30 bits per heavy atom. The van der Waals surface area contributed by atoms with Crippen LogP contribution in [0.2, 0.25) is 0 Å². The number of primary amides is 1. The largest absolute Gasteiger partial charge is 0.496 e. The van der Waals surface area contributed by atoms with Crippen LogP contribution in [0.15, 0.2) is 24.3 Å². The molecule has 1 amide bonds. The van der Waals surface area contributed by atoms with E-state index in [0.29, 0.717) is 11.8 Å². The topological polar surface area (TPSA) is 64.3 Å². The molecule has 0 bridgehead atoms. The van der Waals surface area contributed by atoms with E-state index in [4.69, 9.17) is 10.5 Å². The third-order valence-electron chi connectivity index (χ3n) is 4.24. The molecule has 0 heterocycles. The van der Waals surface area contributed by atoms with Gasteiger partial charge in [-0.3, -0.25) is 10.1 Å². The van der Waals surface area contributed by atoms with Crippen molar-refractivity contribution >= 4 is 5.91 Å². The minimum atomic E-state index is -0.894. The van der Waals surface area contributed by atoms with Gasteiger partial charge in [-0.1, -0.05) is 37.5 Å². The van der Waals surface area contributed by atoms with E-state index in [1.807, 2.05) is 31.2 Å². The van der Waals surface area contributed by atoms with Crippen LogP contribution in [0.4, 0.5) is 0 Å². The normalized spacial score (nSPS) is 19.3. The van der Waals surface area contributed by atoms with Crippen molar-refractivity contribution in [2.45, 2.75) is 50.6 Å². The highest BCUT2D eigenvalue weighted by Crippen LogP contribution is 2.31. The van der Waals surface area contributed by atoms with Crippen molar-refractivity contribution in [1.29, 1.82) is 0 Å². The summed E-state index contributed by atoms with van der Waals surface area (Å²) in [6.45, 7) is 1.85. The molecule has 1 fully saturated rings. The van der Waals surface area contributed by atoms with Crippen molar-refractivity contribution in [1.82, 2.24) is 5.32 Å². The summed E-state index contributed by atoms with van der Waals surface area (Å²) < 4.78 is 5.38. The monoisotopic (exact) mass is 276 g/mol. The van der Waals surface area contributed by atoms with Crippen LogP contribution in [0.5, 0.6) is 5.75 Å². The van der Waals surface area contributed by atoms with Crippen LogP contribution >= 0.6 is 0 Å². The number of hydrogen-bond donors (Lipinski definition) is 2. The van der Waals surface area contributed by atoms with Crippen molar-refractivity contribution in [2.75, 3.05) is 7.11 Å². The van der Waals surface area contributed by atoms with Gasteiger partial charge < -0.3 is 10.5 Å². The first-order valence-corrected chi connectivity index (χ1v) is 7.29. The van der Waals surface area contributed by atoms with Gasteiger partial charge in [0.25, 0.3) is 0 Å². The van der Waals surface area contributed by atoms with Crippen LogP contribution in [0, 0.1) is 0 Å². The quantitative estimate of drug-likeness (QED) is 0.867. The van der Waals surface area contributed by atoms with Crippen molar-refractivity contribution in [3.63, 3.8) is 0 Å². The summed E-state index contributed by atoms with van der Waals surface area (Å²) in [6, 6.07) is 7.90. The smallest absolute Gasteiger partial charge is 0.242 e. The fraction of sp³-hybridized carbons (Fsp3) is 0.562. The molecule has 4 heteroatoms. The highest BCUT2D eigenvalue weighted by atomic mass is 16.5. The van der Waals surface area contributed by atoms with Crippen molar-refractivity contribution in [2.24, 2.45) is 5.73 Å². The molecule has 1 unspecified atom stereocenters. The molecule has 1 aromatic carbocycles. The van der Waals surface area contributed by atoms with Gasteiger partial charge in [0.05, 0.1) is 7.11 Å². The number of carbonyl (C=O) groups excluding carboxylic acids is 1. The van der Waals surface area contributed by atoms with Crippen LogP contribution in [0.25, 0.3) is 0 Å². The number of para-hydroxylation sites is 1. The van der Waals surface area contributed by atoms with E-state index in [1.165, 1.54) is 19.3 Å². The summed E-state index contributed by atoms with van der Waals surface area (Å²) in [6.07, 6.45) is 5.88. The van der Waals surface area contributed by atoms with Crippen molar-refractivity contribution < 1.29 is 9.53 Å². The molecule has 0 aromatic heterocycles. The molecule has 0 spiro atoms. The average Bonchev–Trinajstić information content (AvgIpc) is 2.48. The van der Waals surface area contributed by atoms with E-state index in [2.05, 4.69) is 5.32 Å². The summed E-state index contributed by atoms with van der Waals surface area (Å²) in [7, 11) is 1.61. The van der Waals surface area contributed by atoms with Gasteiger partial charge in [0, 0.05) is 11.6 Å². The molecule has 1 aliphatic carbocycles. The van der Waals surface area contributed by atoms with Crippen LogP contribution in [0.3, 0.4) is 0 Å². The number of carbonyl (C=O) groups is 1. The van der Waals surface area contributed by atoms with Gasteiger partial charge >= 0.3 is 0 Å². The number of nitrogens with two attached hydrogens (primary N) is 1. The second-order valence-corrected chi connectivity index (χ2v) is 5.67. The van der Waals surface area contributed by atoms with E-state index in [0.717, 1.165) is 18.4 Å². The highest BCUT2D eigenvalue weighted by molar-refractivity contribution is 5.86. The number of rotatable bonds is 5. The maximum Gasteiger partial charge on any atom is 0.242 e. The molecule has 20 heavy (non-hydrogen) atoms. The summed E-state index contributed by atoms with van der Waals surface area (Å²) in [5, 5.41) is 3.47. The Bertz CT molecular complexity index is 469. The van der Waals surface area contributed by atoms with Crippen LogP contribution in [-0.2, 0) is 10.3 Å². The molecule has 1 atom stereocenters. The molecule has 3 N–H and O–H groups in total. The average molecular weight is 276 g/mol. The molecular weight excluding hydrogens is 252 g/mol. The third-order valence-corrected chi connectivity index (χ3v) is 4.24. The standard InChI is InChI=1S/C16H24N2O2/c1-16(15(17)19,18-12-8-4-3-5-9-12)13-10-6-7-11-14(13)20-2/h6-7,10-12,18H,3-5,8-9H2,1-2H3,(H2,17,19). The summed E-state index contributed by atoms with van der Waals surface area (Å²) >= 11 is 0. The maximum absolute atomic E-state index is 12.1. The van der Waals surface area contributed by atoms with Gasteiger partial charge in [0.15, 0.2) is 0 Å². The Labute approximate surface area is 120 Å². The third kappa shape index (κ3) is 2.96. The Balaban J connectivity index is 2.30. The Hall–Kier alpha value is -1.55. The second kappa shape index (κ2) is 6.27. The number of methoxy groups -OCH3 is 1. The van der Waals surface area contributed by atoms with Gasteiger partial charge in [-0.15, -0.1) is 0 Å². The lowest BCUT2D eigenvalue weighted by Crippen LogP contribution is -2.54. The number of hydrogen-bond acceptors (Lipinski definition) is 3. The first kappa shape index (κ1) is 14.9. The second-order valence-electron chi connectivity index (χ2n) is 5.67. The van der Waals surface area contributed by atoms with E-state index in [1.54, 1.807) is 7.11 Å². The summed E-state index contributed by atoms with van der Waals surface area (Å²) in [5.74, 6) is 0.324. The number of amides is 1. The van der Waals surface area contributed by atoms with Gasteiger partial charge in [-0.05, 0) is 25.8 Å². The molecule has 110 valence electrons. The van der Waals surface area contributed by atoms with Crippen molar-refractivity contribution in [3.05, 3.63) is 29.8 Å². The molecule has 0 saturated heterocycles. The van der Waals surface area contributed by atoms with Crippen LogP contribution < -0.4 is 15.8 Å². The lowest BCUT2D eigenvalue weighted by molar-refractivity contribution is -0.124. The first-order chi connectivity index (χ1) is 9.58. The summed E-state index contributed by atoms with van der Waals surface area (Å²) in [4.78, 5) is 12.1. The van der Waals surface area contributed by atoms with Gasteiger partial charge in [-0.25, -0.2) is 0 Å². The maximum atomic E-state index is 12.1. The molecular formula is C16H24N2O2. The van der Waals surface area contributed by atoms with Crippen molar-refractivity contribution in [3.8, 4) is 5.75 Å².